The SMILES string of the molecule is CC(C)c1ccc2c(c1)CCC1C(C)(C(=O)OCC(C)(O)C3CCC(C)(C)C(OC(=O)C4(C)CCCC5(C)c6ccc(C(C)C)cc6CCC45)C3)CCCC21C. The van der Waals surface area contributed by atoms with Gasteiger partial charge in [-0.25, -0.2) is 0 Å². The van der Waals surface area contributed by atoms with Gasteiger partial charge in [-0.05, 0) is 165 Å². The Morgan fingerprint density at radius 2 is 1.20 bits per heavy atom. The van der Waals surface area contributed by atoms with E-state index in [2.05, 4.69) is 106 Å². The zero-order chi connectivity index (χ0) is 40.6. The van der Waals surface area contributed by atoms with E-state index in [4.69, 9.17) is 9.47 Å². The van der Waals surface area contributed by atoms with Crippen LogP contribution in [0, 0.1) is 34.0 Å². The lowest BCUT2D eigenvalue weighted by Gasteiger charge is -2.55. The Bertz CT molecular complexity index is 1820. The van der Waals surface area contributed by atoms with Crippen molar-refractivity contribution >= 4 is 11.9 Å². The van der Waals surface area contributed by atoms with Crippen molar-refractivity contribution in [3.63, 3.8) is 0 Å². The van der Waals surface area contributed by atoms with Gasteiger partial charge in [-0.3, -0.25) is 9.59 Å². The first-order chi connectivity index (χ1) is 26.2. The Hall–Kier alpha value is -2.66. The Labute approximate surface area is 339 Å². The molecular weight excluding hydrogens is 693 g/mol. The van der Waals surface area contributed by atoms with E-state index < -0.39 is 16.4 Å². The van der Waals surface area contributed by atoms with Crippen LogP contribution < -0.4 is 0 Å². The van der Waals surface area contributed by atoms with E-state index >= 15 is 0 Å². The first-order valence-electron chi connectivity index (χ1n) is 22.5. The summed E-state index contributed by atoms with van der Waals surface area (Å²) < 4.78 is 12.9. The summed E-state index contributed by atoms with van der Waals surface area (Å²) in [6, 6.07) is 14.1. The van der Waals surface area contributed by atoms with Crippen LogP contribution in [0.5, 0.6) is 0 Å². The van der Waals surface area contributed by atoms with Gasteiger partial charge in [0.15, 0.2) is 0 Å². The maximum absolute atomic E-state index is 14.6. The summed E-state index contributed by atoms with van der Waals surface area (Å²) in [7, 11) is 0. The van der Waals surface area contributed by atoms with Crippen molar-refractivity contribution in [2.45, 2.75) is 194 Å². The van der Waals surface area contributed by atoms with Crippen LogP contribution in [0.3, 0.4) is 0 Å². The zero-order valence-corrected chi connectivity index (χ0v) is 36.9. The smallest absolute Gasteiger partial charge is 0.312 e. The molecule has 5 heteroatoms. The number of hydrogen-bond acceptors (Lipinski definition) is 5. The number of carbonyl (C=O) groups excluding carboxylic acids is 2. The second kappa shape index (κ2) is 14.6. The minimum absolute atomic E-state index is 0.0406. The molecule has 5 aliphatic rings. The predicted octanol–water partition coefficient (Wildman–Crippen LogP) is 11.7. The molecule has 7 rings (SSSR count). The summed E-state index contributed by atoms with van der Waals surface area (Å²) in [5.74, 6) is 1.02. The fourth-order valence-corrected chi connectivity index (χ4v) is 13.2. The molecule has 5 aliphatic carbocycles. The third kappa shape index (κ3) is 6.90. The third-order valence-corrected chi connectivity index (χ3v) is 17.2. The Morgan fingerprint density at radius 1 is 0.714 bits per heavy atom. The lowest BCUT2D eigenvalue weighted by atomic mass is 9.49. The summed E-state index contributed by atoms with van der Waals surface area (Å²) in [6.45, 7) is 24.3. The number of rotatable bonds is 8. The van der Waals surface area contributed by atoms with Crippen molar-refractivity contribution < 1.29 is 24.2 Å². The number of aliphatic hydroxyl groups is 1. The van der Waals surface area contributed by atoms with Gasteiger partial charge in [0.25, 0.3) is 0 Å². The fourth-order valence-electron chi connectivity index (χ4n) is 13.2. The molecule has 0 amide bonds. The number of hydrogen-bond donors (Lipinski definition) is 1. The topological polar surface area (TPSA) is 72.8 Å². The van der Waals surface area contributed by atoms with E-state index in [1.807, 2.05) is 6.92 Å². The molecule has 3 saturated carbocycles. The number of aryl methyl sites for hydroxylation is 2. The van der Waals surface area contributed by atoms with Gasteiger partial charge in [-0.1, -0.05) is 105 Å². The molecule has 0 spiro atoms. The van der Waals surface area contributed by atoms with Crippen LogP contribution in [0.1, 0.15) is 192 Å². The highest BCUT2D eigenvalue weighted by molar-refractivity contribution is 5.78. The van der Waals surface area contributed by atoms with Crippen molar-refractivity contribution in [1.29, 1.82) is 0 Å². The quantitative estimate of drug-likeness (QED) is 0.271. The third-order valence-electron chi connectivity index (χ3n) is 17.2. The molecule has 0 aromatic heterocycles. The fraction of sp³-hybridized carbons (Fsp3) is 0.725. The number of carbonyl (C=O) groups is 2. The monoisotopic (exact) mass is 767 g/mol. The first kappa shape index (κ1) is 41.5. The molecule has 0 heterocycles. The molecule has 2 aromatic rings. The lowest BCUT2D eigenvalue weighted by Crippen LogP contribution is -2.55. The van der Waals surface area contributed by atoms with Crippen LogP contribution in [0.4, 0.5) is 0 Å². The van der Waals surface area contributed by atoms with Crippen molar-refractivity contribution in [3.8, 4) is 0 Å². The Morgan fingerprint density at radius 3 is 1.68 bits per heavy atom. The van der Waals surface area contributed by atoms with E-state index in [-0.39, 0.29) is 58.6 Å². The molecule has 0 bridgehead atoms. The second-order valence-corrected chi connectivity index (χ2v) is 22.0. The van der Waals surface area contributed by atoms with E-state index in [0.717, 1.165) is 77.0 Å². The Kier molecular flexibility index (Phi) is 10.8. The van der Waals surface area contributed by atoms with Crippen LogP contribution in [0.15, 0.2) is 36.4 Å². The zero-order valence-electron chi connectivity index (χ0n) is 36.9. The molecule has 308 valence electrons. The lowest BCUT2D eigenvalue weighted by molar-refractivity contribution is -0.188. The van der Waals surface area contributed by atoms with Crippen LogP contribution in [0.25, 0.3) is 0 Å². The van der Waals surface area contributed by atoms with Gasteiger partial charge < -0.3 is 14.6 Å². The summed E-state index contributed by atoms with van der Waals surface area (Å²) in [6.07, 6.45) is 11.7. The summed E-state index contributed by atoms with van der Waals surface area (Å²) in [5.41, 5.74) is 5.78. The van der Waals surface area contributed by atoms with Crippen LogP contribution >= 0.6 is 0 Å². The first-order valence-corrected chi connectivity index (χ1v) is 22.5. The molecule has 2 aromatic carbocycles. The van der Waals surface area contributed by atoms with Crippen molar-refractivity contribution in [1.82, 2.24) is 0 Å². The number of fused-ring (bicyclic) bond motifs is 6. The normalized spacial score (nSPS) is 36.0. The highest BCUT2D eigenvalue weighted by Gasteiger charge is 2.58. The largest absolute Gasteiger partial charge is 0.462 e. The number of ether oxygens (including phenoxy) is 2. The summed E-state index contributed by atoms with van der Waals surface area (Å²) >= 11 is 0. The van der Waals surface area contributed by atoms with Gasteiger partial charge >= 0.3 is 11.9 Å². The molecular formula is C51H74O5. The average molecular weight is 767 g/mol. The maximum atomic E-state index is 14.6. The number of benzene rings is 2. The predicted molar refractivity (Wildman–Crippen MR) is 226 cm³/mol. The molecule has 0 radical (unpaired) electrons. The Balaban J connectivity index is 1.03. The molecule has 9 atom stereocenters. The molecule has 56 heavy (non-hydrogen) atoms. The molecule has 0 aliphatic heterocycles. The van der Waals surface area contributed by atoms with Crippen LogP contribution in [-0.2, 0) is 42.7 Å². The van der Waals surface area contributed by atoms with E-state index in [0.29, 0.717) is 18.3 Å². The second-order valence-electron chi connectivity index (χ2n) is 22.0. The maximum Gasteiger partial charge on any atom is 0.312 e. The highest BCUT2D eigenvalue weighted by Crippen LogP contribution is 2.60. The average Bonchev–Trinajstić information content (AvgIpc) is 3.13. The van der Waals surface area contributed by atoms with Gasteiger partial charge in [0.2, 0.25) is 0 Å². The van der Waals surface area contributed by atoms with Crippen molar-refractivity contribution in [2.24, 2.45) is 34.0 Å². The van der Waals surface area contributed by atoms with Gasteiger partial charge in [-0.15, -0.1) is 0 Å². The summed E-state index contributed by atoms with van der Waals surface area (Å²) in [5, 5.41) is 12.1. The van der Waals surface area contributed by atoms with Gasteiger partial charge in [-0.2, -0.15) is 0 Å². The minimum atomic E-state index is -1.23. The van der Waals surface area contributed by atoms with E-state index in [9.17, 15) is 14.7 Å². The summed E-state index contributed by atoms with van der Waals surface area (Å²) in [4.78, 5) is 28.9. The van der Waals surface area contributed by atoms with Gasteiger partial charge in [0, 0.05) is 5.41 Å². The van der Waals surface area contributed by atoms with Crippen molar-refractivity contribution in [2.75, 3.05) is 6.61 Å². The molecule has 0 saturated heterocycles. The van der Waals surface area contributed by atoms with Crippen LogP contribution in [-0.4, -0.2) is 35.4 Å². The molecule has 5 nitrogen and oxygen atoms in total. The molecule has 1 N–H and O–H groups in total. The van der Waals surface area contributed by atoms with Gasteiger partial charge in [0.05, 0.1) is 16.4 Å². The van der Waals surface area contributed by atoms with Crippen molar-refractivity contribution in [3.05, 3.63) is 69.8 Å². The minimum Gasteiger partial charge on any atom is -0.462 e. The highest BCUT2D eigenvalue weighted by atomic mass is 16.6. The van der Waals surface area contributed by atoms with E-state index in [1.54, 1.807) is 0 Å². The van der Waals surface area contributed by atoms with E-state index in [1.165, 1.54) is 33.4 Å². The standard InChI is InChI=1S/C51H74O5/c1-32(2)34-14-18-39-36(28-34)16-20-41-47(39,7)23-12-25-49(41,9)44(52)55-31-51(11,54)38-22-27-46(5,6)43(30-38)56-45(53)50(10)26-13-24-48(8)40-19-15-35(33(3)4)29-37(40)17-21-42(48)50/h14-15,18-19,28-29,32-33,38,41-43,54H,12-13,16-17,20-27,30-31H2,1-11H3. The van der Waals surface area contributed by atoms with Crippen LogP contribution in [0.2, 0.25) is 0 Å². The van der Waals surface area contributed by atoms with Gasteiger partial charge in [0.1, 0.15) is 12.7 Å². The molecule has 3 fully saturated rings. The molecule has 9 unspecified atom stereocenters. The number of esters is 2.